The van der Waals surface area contributed by atoms with Crippen molar-refractivity contribution >= 4 is 46.0 Å². The van der Waals surface area contributed by atoms with Gasteiger partial charge in [-0.1, -0.05) is 47.5 Å². The third-order valence-corrected chi connectivity index (χ3v) is 4.45. The van der Waals surface area contributed by atoms with E-state index in [2.05, 4.69) is 5.32 Å². The molecule has 3 aromatic rings. The molecule has 0 radical (unpaired) electrons. The summed E-state index contributed by atoms with van der Waals surface area (Å²) in [7, 11) is 0. The van der Waals surface area contributed by atoms with Crippen molar-refractivity contribution in [3.63, 3.8) is 0 Å². The average molecular weight is 371 g/mol. The number of hydrogen-bond donors (Lipinski definition) is 2. The highest BCUT2D eigenvalue weighted by atomic mass is 35.5. The number of anilines is 3. The Morgan fingerprint density at radius 3 is 2.44 bits per heavy atom. The molecule has 126 valence electrons. The van der Waals surface area contributed by atoms with E-state index in [0.29, 0.717) is 32.5 Å². The molecule has 3 nitrogen and oxygen atoms in total. The minimum atomic E-state index is -0.100. The highest BCUT2D eigenvalue weighted by Gasteiger charge is 2.15. The van der Waals surface area contributed by atoms with Crippen LogP contribution in [0.5, 0.6) is 0 Å². The van der Waals surface area contributed by atoms with Gasteiger partial charge in [0.15, 0.2) is 5.78 Å². The van der Waals surface area contributed by atoms with Gasteiger partial charge in [0.2, 0.25) is 0 Å². The quantitative estimate of drug-likeness (QED) is 0.446. The number of carbonyl (C=O) groups is 1. The molecule has 0 saturated carbocycles. The molecule has 3 aromatic carbocycles. The van der Waals surface area contributed by atoms with E-state index in [-0.39, 0.29) is 5.78 Å². The maximum Gasteiger partial charge on any atom is 0.194 e. The Morgan fingerprint density at radius 2 is 1.72 bits per heavy atom. The molecule has 0 aromatic heterocycles. The van der Waals surface area contributed by atoms with Crippen LogP contribution in [0, 0.1) is 6.92 Å². The lowest BCUT2D eigenvalue weighted by atomic mass is 9.99. The summed E-state index contributed by atoms with van der Waals surface area (Å²) in [6.07, 6.45) is 0. The van der Waals surface area contributed by atoms with E-state index in [1.54, 1.807) is 42.5 Å². The standard InChI is InChI=1S/C20H16Cl2N2O/c1-12-4-2-3-5-15(12)20(25)16-8-7-14(11-17(16)22)24-19-10-13(21)6-9-18(19)23/h2-11,24H,23H2,1H3. The summed E-state index contributed by atoms with van der Waals surface area (Å²) in [5, 5.41) is 4.12. The highest BCUT2D eigenvalue weighted by Crippen LogP contribution is 2.30. The number of halogens is 2. The van der Waals surface area contributed by atoms with E-state index in [4.69, 9.17) is 28.9 Å². The van der Waals surface area contributed by atoms with Gasteiger partial charge >= 0.3 is 0 Å². The lowest BCUT2D eigenvalue weighted by molar-refractivity contribution is 0.103. The van der Waals surface area contributed by atoms with E-state index < -0.39 is 0 Å². The number of carbonyl (C=O) groups excluding carboxylic acids is 1. The molecular weight excluding hydrogens is 355 g/mol. The zero-order valence-corrected chi connectivity index (χ0v) is 15.0. The predicted molar refractivity (Wildman–Crippen MR) is 105 cm³/mol. The molecule has 0 unspecified atom stereocenters. The molecule has 0 aliphatic carbocycles. The molecule has 0 spiro atoms. The van der Waals surface area contributed by atoms with Crippen molar-refractivity contribution in [2.45, 2.75) is 6.92 Å². The summed E-state index contributed by atoms with van der Waals surface area (Å²) >= 11 is 12.3. The molecule has 0 atom stereocenters. The van der Waals surface area contributed by atoms with Crippen LogP contribution < -0.4 is 11.1 Å². The van der Waals surface area contributed by atoms with Crippen molar-refractivity contribution in [3.8, 4) is 0 Å². The normalized spacial score (nSPS) is 10.5. The molecule has 0 amide bonds. The number of ketones is 1. The van der Waals surface area contributed by atoms with Crippen LogP contribution in [-0.2, 0) is 0 Å². The third kappa shape index (κ3) is 3.78. The SMILES string of the molecule is Cc1ccccc1C(=O)c1ccc(Nc2cc(Cl)ccc2N)cc1Cl. The number of benzene rings is 3. The maximum absolute atomic E-state index is 12.7. The minimum Gasteiger partial charge on any atom is -0.397 e. The van der Waals surface area contributed by atoms with Gasteiger partial charge in [0.1, 0.15) is 0 Å². The fraction of sp³-hybridized carbons (Fsp3) is 0.0500. The van der Waals surface area contributed by atoms with Gasteiger partial charge in [-0.15, -0.1) is 0 Å². The molecular formula is C20H16Cl2N2O. The minimum absolute atomic E-state index is 0.100. The molecule has 25 heavy (non-hydrogen) atoms. The molecule has 3 N–H and O–H groups in total. The third-order valence-electron chi connectivity index (χ3n) is 3.90. The van der Waals surface area contributed by atoms with Crippen LogP contribution >= 0.6 is 23.2 Å². The lowest BCUT2D eigenvalue weighted by Crippen LogP contribution is -2.05. The highest BCUT2D eigenvalue weighted by molar-refractivity contribution is 6.35. The van der Waals surface area contributed by atoms with Gasteiger partial charge < -0.3 is 11.1 Å². The van der Waals surface area contributed by atoms with E-state index in [0.717, 1.165) is 11.3 Å². The largest absolute Gasteiger partial charge is 0.397 e. The number of aryl methyl sites for hydroxylation is 1. The molecule has 0 heterocycles. The van der Waals surface area contributed by atoms with Gasteiger partial charge in [-0.05, 0) is 48.9 Å². The van der Waals surface area contributed by atoms with Crippen molar-refractivity contribution in [2.24, 2.45) is 0 Å². The number of nitrogen functional groups attached to an aromatic ring is 1. The topological polar surface area (TPSA) is 55.1 Å². The average Bonchev–Trinajstić information content (AvgIpc) is 2.58. The van der Waals surface area contributed by atoms with E-state index in [1.165, 1.54) is 0 Å². The van der Waals surface area contributed by atoms with E-state index in [9.17, 15) is 4.79 Å². The predicted octanol–water partition coefficient (Wildman–Crippen LogP) is 5.86. The van der Waals surface area contributed by atoms with Gasteiger partial charge in [0.05, 0.1) is 16.4 Å². The van der Waals surface area contributed by atoms with Gasteiger partial charge in [0.25, 0.3) is 0 Å². The van der Waals surface area contributed by atoms with Crippen LogP contribution in [0.2, 0.25) is 10.0 Å². The summed E-state index contributed by atoms with van der Waals surface area (Å²) < 4.78 is 0. The fourth-order valence-corrected chi connectivity index (χ4v) is 2.98. The van der Waals surface area contributed by atoms with Crippen LogP contribution in [0.3, 0.4) is 0 Å². The Bertz CT molecular complexity index is 954. The monoisotopic (exact) mass is 370 g/mol. The lowest BCUT2D eigenvalue weighted by Gasteiger charge is -2.12. The maximum atomic E-state index is 12.7. The number of nitrogens with two attached hydrogens (primary N) is 1. The molecule has 3 rings (SSSR count). The van der Waals surface area contributed by atoms with Gasteiger partial charge in [-0.2, -0.15) is 0 Å². The number of nitrogens with one attached hydrogen (secondary N) is 1. The fourth-order valence-electron chi connectivity index (χ4n) is 2.54. The van der Waals surface area contributed by atoms with Gasteiger partial charge in [-0.3, -0.25) is 4.79 Å². The van der Waals surface area contributed by atoms with Crippen LogP contribution in [0.15, 0.2) is 60.7 Å². The molecule has 0 fully saturated rings. The second kappa shape index (κ2) is 7.18. The zero-order valence-electron chi connectivity index (χ0n) is 13.5. The number of rotatable bonds is 4. The Kier molecular flexibility index (Phi) is 4.98. The van der Waals surface area contributed by atoms with Crippen LogP contribution in [-0.4, -0.2) is 5.78 Å². The summed E-state index contributed by atoms with van der Waals surface area (Å²) in [5.74, 6) is -0.100. The van der Waals surface area contributed by atoms with E-state index in [1.807, 2.05) is 25.1 Å². The second-order valence-electron chi connectivity index (χ2n) is 5.70. The summed E-state index contributed by atoms with van der Waals surface area (Å²) in [4.78, 5) is 12.7. The van der Waals surface area contributed by atoms with Crippen LogP contribution in [0.25, 0.3) is 0 Å². The van der Waals surface area contributed by atoms with Crippen LogP contribution in [0.1, 0.15) is 21.5 Å². The number of hydrogen-bond acceptors (Lipinski definition) is 3. The molecule has 0 aliphatic heterocycles. The summed E-state index contributed by atoms with van der Waals surface area (Å²) in [6, 6.07) is 17.8. The zero-order chi connectivity index (χ0) is 18.0. The molecule has 0 bridgehead atoms. The van der Waals surface area contributed by atoms with Crippen molar-refractivity contribution in [1.29, 1.82) is 0 Å². The van der Waals surface area contributed by atoms with Crippen molar-refractivity contribution in [2.75, 3.05) is 11.1 Å². The first-order valence-electron chi connectivity index (χ1n) is 7.67. The first-order valence-corrected chi connectivity index (χ1v) is 8.43. The van der Waals surface area contributed by atoms with Crippen LogP contribution in [0.4, 0.5) is 17.1 Å². The Hall–Kier alpha value is -2.49. The summed E-state index contributed by atoms with van der Waals surface area (Å²) in [6.45, 7) is 1.90. The first kappa shape index (κ1) is 17.3. The van der Waals surface area contributed by atoms with E-state index >= 15 is 0 Å². The Morgan fingerprint density at radius 1 is 0.960 bits per heavy atom. The molecule has 5 heteroatoms. The molecule has 0 aliphatic rings. The first-order chi connectivity index (χ1) is 12.0. The van der Waals surface area contributed by atoms with Crippen molar-refractivity contribution in [1.82, 2.24) is 0 Å². The van der Waals surface area contributed by atoms with Crippen molar-refractivity contribution in [3.05, 3.63) is 87.4 Å². The Balaban J connectivity index is 1.90. The Labute approximate surface area is 156 Å². The second-order valence-corrected chi connectivity index (χ2v) is 6.54. The molecule has 0 saturated heterocycles. The van der Waals surface area contributed by atoms with Gasteiger partial charge in [-0.25, -0.2) is 0 Å². The van der Waals surface area contributed by atoms with Crippen molar-refractivity contribution < 1.29 is 4.79 Å². The smallest absolute Gasteiger partial charge is 0.194 e. The van der Waals surface area contributed by atoms with Gasteiger partial charge in [0, 0.05) is 21.8 Å². The summed E-state index contributed by atoms with van der Waals surface area (Å²) in [5.41, 5.74) is 9.93.